The van der Waals surface area contributed by atoms with Gasteiger partial charge in [-0.25, -0.2) is 22.0 Å². The lowest BCUT2D eigenvalue weighted by atomic mass is 9.83. The second-order valence-electron chi connectivity index (χ2n) is 11.5. The predicted octanol–water partition coefficient (Wildman–Crippen LogP) is 4.12. The molecule has 9 nitrogen and oxygen atoms in total. The van der Waals surface area contributed by atoms with Crippen molar-refractivity contribution in [3.8, 4) is 0 Å². The Balaban J connectivity index is 1.37. The van der Waals surface area contributed by atoms with Crippen molar-refractivity contribution in [1.82, 2.24) is 15.2 Å². The first-order chi connectivity index (χ1) is 21.5. The number of benzene rings is 2. The zero-order valence-corrected chi connectivity index (χ0v) is 25.5. The van der Waals surface area contributed by atoms with Gasteiger partial charge in [0.2, 0.25) is 0 Å². The Morgan fingerprint density at radius 3 is 2.64 bits per heavy atom. The molecule has 2 aliphatic heterocycles. The number of anilines is 1. The van der Waals surface area contributed by atoms with Crippen LogP contribution in [0.15, 0.2) is 89.0 Å². The minimum atomic E-state index is -3.50. The van der Waals surface area contributed by atoms with E-state index >= 15 is 4.39 Å². The summed E-state index contributed by atoms with van der Waals surface area (Å²) in [5.74, 6) is -2.00. The molecule has 0 radical (unpaired) electrons. The van der Waals surface area contributed by atoms with Crippen LogP contribution in [0.3, 0.4) is 0 Å². The summed E-state index contributed by atoms with van der Waals surface area (Å²) >= 11 is 0. The van der Waals surface area contributed by atoms with Crippen LogP contribution >= 0.6 is 0 Å². The van der Waals surface area contributed by atoms with Crippen LogP contribution in [0.4, 0.5) is 19.3 Å². The molecule has 2 aromatic carbocycles. The quantitative estimate of drug-likeness (QED) is 0.384. The molecule has 0 bridgehead atoms. The Kier molecular flexibility index (Phi) is 8.08. The summed E-state index contributed by atoms with van der Waals surface area (Å²) in [6.07, 6.45) is 6.06. The maximum atomic E-state index is 15.3. The van der Waals surface area contributed by atoms with E-state index in [0.29, 0.717) is 46.5 Å². The monoisotopic (exact) mass is 634 g/mol. The highest BCUT2D eigenvalue weighted by atomic mass is 32.2. The van der Waals surface area contributed by atoms with Crippen molar-refractivity contribution in [2.75, 3.05) is 30.0 Å². The SMILES string of the molecule is Cn1ccc2c(c1=O)C1=C3C(=CN(c4ccc(F)cc4F)C3C(CCNC(=O)OCc3ccccc3)CN1)C=C2CS(C)(=O)=O. The van der Waals surface area contributed by atoms with Crippen LogP contribution in [0, 0.1) is 17.6 Å². The van der Waals surface area contributed by atoms with Crippen molar-refractivity contribution < 1.29 is 26.7 Å². The predicted molar refractivity (Wildman–Crippen MR) is 168 cm³/mol. The lowest BCUT2D eigenvalue weighted by Gasteiger charge is -2.39. The Labute approximate surface area is 259 Å². The molecule has 1 aliphatic carbocycles. The number of aryl methyl sites for hydroxylation is 1. The highest BCUT2D eigenvalue weighted by Crippen LogP contribution is 2.46. The first-order valence-electron chi connectivity index (χ1n) is 14.5. The average Bonchev–Trinajstić information content (AvgIpc) is 3.30. The van der Waals surface area contributed by atoms with Gasteiger partial charge in [0.15, 0.2) is 9.84 Å². The van der Waals surface area contributed by atoms with E-state index in [-0.39, 0.29) is 36.1 Å². The molecule has 2 N–H and O–H groups in total. The largest absolute Gasteiger partial charge is 0.445 e. The summed E-state index contributed by atoms with van der Waals surface area (Å²) in [5.41, 5.74) is 3.82. The highest BCUT2D eigenvalue weighted by molar-refractivity contribution is 7.91. The molecule has 3 aromatic rings. The molecular formula is C33H32F2N4O5S. The fourth-order valence-electron chi connectivity index (χ4n) is 6.25. The molecule has 0 fully saturated rings. The van der Waals surface area contributed by atoms with E-state index in [2.05, 4.69) is 10.6 Å². The summed E-state index contributed by atoms with van der Waals surface area (Å²) in [6, 6.07) is 13.9. The third-order valence-corrected chi connectivity index (χ3v) is 9.07. The number of rotatable bonds is 8. The number of sulfone groups is 1. The maximum absolute atomic E-state index is 15.3. The molecule has 3 heterocycles. The van der Waals surface area contributed by atoms with Crippen LogP contribution in [-0.4, -0.2) is 50.2 Å². The molecule has 12 heteroatoms. The lowest BCUT2D eigenvalue weighted by molar-refractivity contribution is 0.139. The van der Waals surface area contributed by atoms with Gasteiger partial charge >= 0.3 is 6.09 Å². The van der Waals surface area contributed by atoms with Crippen molar-refractivity contribution in [2.24, 2.45) is 13.0 Å². The average molecular weight is 635 g/mol. The van der Waals surface area contributed by atoms with Crippen LogP contribution in [0.2, 0.25) is 0 Å². The Morgan fingerprint density at radius 1 is 1.13 bits per heavy atom. The number of fused-ring (bicyclic) bond motifs is 2. The second-order valence-corrected chi connectivity index (χ2v) is 13.6. The minimum Gasteiger partial charge on any atom is -0.445 e. The van der Waals surface area contributed by atoms with Crippen molar-refractivity contribution in [3.63, 3.8) is 0 Å². The number of halogens is 2. The maximum Gasteiger partial charge on any atom is 0.407 e. The number of amides is 1. The summed E-state index contributed by atoms with van der Waals surface area (Å²) in [7, 11) is -1.88. The number of hydrogen-bond acceptors (Lipinski definition) is 7. The topological polar surface area (TPSA) is 110 Å². The number of alkyl carbamates (subject to hydrolysis) is 1. The molecule has 0 spiro atoms. The smallest absolute Gasteiger partial charge is 0.407 e. The van der Waals surface area contributed by atoms with Crippen LogP contribution in [0.25, 0.3) is 11.3 Å². The van der Waals surface area contributed by atoms with Crippen molar-refractivity contribution >= 4 is 32.9 Å². The number of hydrogen-bond donors (Lipinski definition) is 2. The molecule has 6 rings (SSSR count). The van der Waals surface area contributed by atoms with Crippen LogP contribution in [0.1, 0.15) is 23.1 Å². The molecule has 1 amide bonds. The summed E-state index contributed by atoms with van der Waals surface area (Å²) < 4.78 is 61.0. The molecule has 1 aromatic heterocycles. The van der Waals surface area contributed by atoms with Crippen LogP contribution in [0.5, 0.6) is 0 Å². The van der Waals surface area contributed by atoms with Gasteiger partial charge in [-0.2, -0.15) is 0 Å². The molecule has 234 valence electrons. The highest BCUT2D eigenvalue weighted by Gasteiger charge is 2.44. The van der Waals surface area contributed by atoms with E-state index < -0.39 is 33.6 Å². The zero-order valence-electron chi connectivity index (χ0n) is 24.7. The van der Waals surface area contributed by atoms with E-state index in [0.717, 1.165) is 17.9 Å². The molecule has 2 atom stereocenters. The van der Waals surface area contributed by atoms with E-state index in [1.165, 1.54) is 16.7 Å². The Hall–Kier alpha value is -4.71. The van der Waals surface area contributed by atoms with Gasteiger partial charge in [-0.1, -0.05) is 30.3 Å². The fraction of sp³-hybridized carbons (Fsp3) is 0.273. The van der Waals surface area contributed by atoms with Gasteiger partial charge in [0.1, 0.15) is 18.2 Å². The van der Waals surface area contributed by atoms with Gasteiger partial charge in [-0.3, -0.25) is 4.79 Å². The van der Waals surface area contributed by atoms with Crippen LogP contribution < -0.4 is 21.1 Å². The van der Waals surface area contributed by atoms with Gasteiger partial charge in [0.25, 0.3) is 5.56 Å². The van der Waals surface area contributed by atoms with Gasteiger partial charge < -0.3 is 24.8 Å². The Morgan fingerprint density at radius 2 is 1.91 bits per heavy atom. The van der Waals surface area contributed by atoms with E-state index in [1.54, 1.807) is 36.5 Å². The van der Waals surface area contributed by atoms with Gasteiger partial charge in [0.05, 0.1) is 28.7 Å². The van der Waals surface area contributed by atoms with Crippen molar-refractivity contribution in [2.45, 2.75) is 19.1 Å². The zero-order chi connectivity index (χ0) is 31.9. The fourth-order valence-corrected chi connectivity index (χ4v) is 7.06. The van der Waals surface area contributed by atoms with Crippen molar-refractivity contribution in [1.29, 1.82) is 0 Å². The molecule has 0 saturated heterocycles. The minimum absolute atomic E-state index is 0.123. The standard InChI is InChI=1S/C33H32F2N4O5S/c1-38-13-11-25-23(19-45(2,42)43)14-22-17-39(27-9-8-24(34)15-26(27)35)31-21(16-37-30(28(22)31)29(25)32(38)40)10-12-36-33(41)44-18-20-6-4-3-5-7-20/h3-9,11,13-15,17,21,31,37H,10,12,16,18-19H2,1-2H3,(H,36,41). The van der Waals surface area contributed by atoms with E-state index in [1.807, 2.05) is 30.3 Å². The number of aromatic nitrogens is 1. The van der Waals surface area contributed by atoms with Gasteiger partial charge in [-0.15, -0.1) is 0 Å². The molecule has 0 saturated carbocycles. The number of carbonyl (C=O) groups is 1. The third-order valence-electron chi connectivity index (χ3n) is 8.24. The second kappa shape index (κ2) is 12.0. The van der Waals surface area contributed by atoms with Crippen LogP contribution in [-0.2, 0) is 28.2 Å². The Bertz CT molecular complexity index is 1940. The molecular weight excluding hydrogens is 602 g/mol. The normalized spacial score (nSPS) is 18.7. The number of ether oxygens (including phenoxy) is 1. The summed E-state index contributed by atoms with van der Waals surface area (Å²) in [6.45, 7) is 0.739. The van der Waals surface area contributed by atoms with Gasteiger partial charge in [0, 0.05) is 56.3 Å². The number of carbonyl (C=O) groups excluding carboxylic acids is 1. The molecule has 3 aliphatic rings. The summed E-state index contributed by atoms with van der Waals surface area (Å²) in [5, 5.41) is 6.20. The van der Waals surface area contributed by atoms with Crippen molar-refractivity contribution in [3.05, 3.63) is 123 Å². The lowest BCUT2D eigenvalue weighted by Crippen LogP contribution is -2.47. The molecule has 45 heavy (non-hydrogen) atoms. The molecule has 2 unspecified atom stereocenters. The summed E-state index contributed by atoms with van der Waals surface area (Å²) in [4.78, 5) is 27.8. The number of allylic oxidation sites excluding steroid dienone is 1. The van der Waals surface area contributed by atoms with E-state index in [9.17, 15) is 22.4 Å². The number of nitrogens with one attached hydrogen (secondary N) is 2. The number of pyridine rings is 1. The van der Waals surface area contributed by atoms with E-state index in [4.69, 9.17) is 4.74 Å². The van der Waals surface area contributed by atoms with Gasteiger partial charge in [-0.05, 0) is 53.0 Å². The first-order valence-corrected chi connectivity index (χ1v) is 16.5. The first kappa shape index (κ1) is 30.3. The third kappa shape index (κ3) is 6.15. The number of nitrogens with zero attached hydrogens (tertiary/aromatic N) is 2.